The number of aryl methyl sites for hydroxylation is 1. The van der Waals surface area contributed by atoms with E-state index < -0.39 is 5.97 Å². The van der Waals surface area contributed by atoms with Crippen LogP contribution in [0.5, 0.6) is 0 Å². The fourth-order valence-corrected chi connectivity index (χ4v) is 2.68. The molecule has 0 aromatic carbocycles. The van der Waals surface area contributed by atoms with Crippen molar-refractivity contribution in [1.29, 1.82) is 0 Å². The van der Waals surface area contributed by atoms with Crippen molar-refractivity contribution < 1.29 is 14.6 Å². The third-order valence-corrected chi connectivity index (χ3v) is 3.82. The number of carboxylic acids is 1. The van der Waals surface area contributed by atoms with Gasteiger partial charge in [-0.1, -0.05) is 0 Å². The Morgan fingerprint density at radius 3 is 3.32 bits per heavy atom. The summed E-state index contributed by atoms with van der Waals surface area (Å²) in [6, 6.07) is 0. The van der Waals surface area contributed by atoms with E-state index in [4.69, 9.17) is 9.84 Å². The van der Waals surface area contributed by atoms with Crippen LogP contribution < -0.4 is 5.32 Å². The summed E-state index contributed by atoms with van der Waals surface area (Å²) >= 11 is 1.51. The number of rotatable bonds is 6. The molecular formula is C12H19N3O3S. The van der Waals surface area contributed by atoms with E-state index in [1.807, 2.05) is 5.38 Å². The first-order valence-corrected chi connectivity index (χ1v) is 7.21. The summed E-state index contributed by atoms with van der Waals surface area (Å²) in [4.78, 5) is 17.1. The van der Waals surface area contributed by atoms with Gasteiger partial charge in [-0.05, 0) is 7.05 Å². The number of anilines is 1. The predicted molar refractivity (Wildman–Crippen MR) is 73.8 cm³/mol. The van der Waals surface area contributed by atoms with Crippen LogP contribution in [0.15, 0.2) is 5.38 Å². The SMILES string of the molecule is CN1CCOC(CNc2nc(CCC(=O)O)cs2)C1. The molecule has 0 saturated carbocycles. The Balaban J connectivity index is 1.75. The maximum atomic E-state index is 10.5. The molecule has 1 unspecified atom stereocenters. The summed E-state index contributed by atoms with van der Waals surface area (Å²) in [5.74, 6) is -0.791. The summed E-state index contributed by atoms with van der Waals surface area (Å²) in [5, 5.41) is 14.6. The van der Waals surface area contributed by atoms with Gasteiger partial charge in [-0.15, -0.1) is 11.3 Å². The fourth-order valence-electron chi connectivity index (χ4n) is 1.93. The number of likely N-dealkylation sites (N-methyl/N-ethyl adjacent to an activating group) is 1. The number of carbonyl (C=O) groups is 1. The van der Waals surface area contributed by atoms with E-state index in [2.05, 4.69) is 22.2 Å². The van der Waals surface area contributed by atoms with E-state index in [-0.39, 0.29) is 12.5 Å². The van der Waals surface area contributed by atoms with Crippen LogP contribution in [0.25, 0.3) is 0 Å². The van der Waals surface area contributed by atoms with Gasteiger partial charge in [0, 0.05) is 31.4 Å². The number of carboxylic acid groups (broad SMARTS) is 1. The molecule has 1 saturated heterocycles. The number of thiazole rings is 1. The molecule has 2 heterocycles. The molecule has 19 heavy (non-hydrogen) atoms. The Labute approximate surface area is 116 Å². The minimum absolute atomic E-state index is 0.125. The molecule has 2 N–H and O–H groups in total. The highest BCUT2D eigenvalue weighted by atomic mass is 32.1. The van der Waals surface area contributed by atoms with Crippen LogP contribution in [0.1, 0.15) is 12.1 Å². The van der Waals surface area contributed by atoms with Gasteiger partial charge in [0.25, 0.3) is 0 Å². The Morgan fingerprint density at radius 2 is 2.58 bits per heavy atom. The summed E-state index contributed by atoms with van der Waals surface area (Å²) in [6.07, 6.45) is 0.792. The molecule has 7 heteroatoms. The summed E-state index contributed by atoms with van der Waals surface area (Å²) in [7, 11) is 2.09. The van der Waals surface area contributed by atoms with Crippen LogP contribution in [0.3, 0.4) is 0 Å². The lowest BCUT2D eigenvalue weighted by atomic mass is 10.2. The number of morpholine rings is 1. The summed E-state index contributed by atoms with van der Waals surface area (Å²) in [6.45, 7) is 3.40. The molecule has 1 aliphatic heterocycles. The molecule has 0 radical (unpaired) electrons. The van der Waals surface area contributed by atoms with Crippen LogP contribution >= 0.6 is 11.3 Å². The van der Waals surface area contributed by atoms with Crippen molar-refractivity contribution in [3.63, 3.8) is 0 Å². The molecule has 6 nitrogen and oxygen atoms in total. The molecule has 2 rings (SSSR count). The highest BCUT2D eigenvalue weighted by Crippen LogP contribution is 2.17. The van der Waals surface area contributed by atoms with Crippen LogP contribution in [0.4, 0.5) is 5.13 Å². The van der Waals surface area contributed by atoms with Gasteiger partial charge in [-0.25, -0.2) is 4.98 Å². The maximum absolute atomic E-state index is 10.5. The number of aliphatic carboxylic acids is 1. The van der Waals surface area contributed by atoms with Crippen molar-refractivity contribution in [2.24, 2.45) is 0 Å². The lowest BCUT2D eigenvalue weighted by molar-refractivity contribution is -0.136. The number of hydrogen-bond donors (Lipinski definition) is 2. The molecule has 106 valence electrons. The first kappa shape index (κ1) is 14.2. The predicted octanol–water partition coefficient (Wildman–Crippen LogP) is 0.903. The molecule has 0 bridgehead atoms. The Hall–Kier alpha value is -1.18. The minimum Gasteiger partial charge on any atom is -0.481 e. The minimum atomic E-state index is -0.791. The molecule has 1 aromatic heterocycles. The van der Waals surface area contributed by atoms with E-state index in [1.165, 1.54) is 11.3 Å². The van der Waals surface area contributed by atoms with Crippen molar-refractivity contribution in [3.05, 3.63) is 11.1 Å². The number of nitrogens with one attached hydrogen (secondary N) is 1. The highest BCUT2D eigenvalue weighted by molar-refractivity contribution is 7.13. The van der Waals surface area contributed by atoms with Crippen LogP contribution in [0.2, 0.25) is 0 Å². The van der Waals surface area contributed by atoms with Crippen LogP contribution in [-0.2, 0) is 16.0 Å². The molecule has 1 fully saturated rings. The molecule has 0 amide bonds. The quantitative estimate of drug-likeness (QED) is 0.809. The van der Waals surface area contributed by atoms with E-state index in [0.717, 1.165) is 37.1 Å². The van der Waals surface area contributed by atoms with Gasteiger partial charge in [0.05, 0.1) is 24.8 Å². The van der Waals surface area contributed by atoms with Gasteiger partial charge in [0.1, 0.15) is 0 Å². The van der Waals surface area contributed by atoms with E-state index >= 15 is 0 Å². The van der Waals surface area contributed by atoms with Crippen molar-refractivity contribution >= 4 is 22.4 Å². The number of ether oxygens (including phenoxy) is 1. The molecule has 0 spiro atoms. The van der Waals surface area contributed by atoms with Gasteiger partial charge in [-0.2, -0.15) is 0 Å². The van der Waals surface area contributed by atoms with Gasteiger partial charge in [0.2, 0.25) is 0 Å². The van der Waals surface area contributed by atoms with Crippen molar-refractivity contribution in [3.8, 4) is 0 Å². The zero-order valence-corrected chi connectivity index (χ0v) is 11.8. The molecule has 1 atom stereocenters. The molecule has 1 aliphatic rings. The molecular weight excluding hydrogens is 266 g/mol. The summed E-state index contributed by atoms with van der Waals surface area (Å²) in [5.41, 5.74) is 0.830. The standard InChI is InChI=1S/C12H19N3O3S/c1-15-4-5-18-10(7-15)6-13-12-14-9(8-19-12)2-3-11(16)17/h8,10H,2-7H2,1H3,(H,13,14)(H,16,17). The zero-order chi connectivity index (χ0) is 13.7. The second kappa shape index (κ2) is 6.83. The number of hydrogen-bond acceptors (Lipinski definition) is 6. The lowest BCUT2D eigenvalue weighted by Gasteiger charge is -2.29. The second-order valence-corrected chi connectivity index (χ2v) is 5.53. The van der Waals surface area contributed by atoms with Crippen molar-refractivity contribution in [2.45, 2.75) is 18.9 Å². The average Bonchev–Trinajstić information content (AvgIpc) is 2.82. The fraction of sp³-hybridized carbons (Fsp3) is 0.667. The van der Waals surface area contributed by atoms with E-state index in [9.17, 15) is 4.79 Å². The molecule has 0 aliphatic carbocycles. The number of aromatic nitrogens is 1. The van der Waals surface area contributed by atoms with Crippen molar-refractivity contribution in [1.82, 2.24) is 9.88 Å². The topological polar surface area (TPSA) is 74.7 Å². The van der Waals surface area contributed by atoms with Gasteiger partial charge in [0.15, 0.2) is 5.13 Å². The van der Waals surface area contributed by atoms with Crippen LogP contribution in [-0.4, -0.2) is 60.4 Å². The van der Waals surface area contributed by atoms with Gasteiger partial charge >= 0.3 is 5.97 Å². The van der Waals surface area contributed by atoms with E-state index in [1.54, 1.807) is 0 Å². The normalized spacial score (nSPS) is 20.4. The third kappa shape index (κ3) is 4.77. The maximum Gasteiger partial charge on any atom is 0.303 e. The Kier molecular flexibility index (Phi) is 5.12. The van der Waals surface area contributed by atoms with Gasteiger partial charge in [-0.3, -0.25) is 4.79 Å². The second-order valence-electron chi connectivity index (χ2n) is 4.67. The molecule has 1 aromatic rings. The highest BCUT2D eigenvalue weighted by Gasteiger charge is 2.17. The average molecular weight is 285 g/mol. The first-order valence-electron chi connectivity index (χ1n) is 6.33. The monoisotopic (exact) mass is 285 g/mol. The Bertz CT molecular complexity index is 424. The number of nitrogens with zero attached hydrogens (tertiary/aromatic N) is 2. The smallest absolute Gasteiger partial charge is 0.303 e. The Morgan fingerprint density at radius 1 is 1.74 bits per heavy atom. The van der Waals surface area contributed by atoms with Gasteiger partial charge < -0.3 is 20.1 Å². The van der Waals surface area contributed by atoms with Crippen LogP contribution in [0, 0.1) is 0 Å². The largest absolute Gasteiger partial charge is 0.481 e. The lowest BCUT2D eigenvalue weighted by Crippen LogP contribution is -2.43. The third-order valence-electron chi connectivity index (χ3n) is 2.97. The summed E-state index contributed by atoms with van der Waals surface area (Å²) < 4.78 is 5.65. The first-order chi connectivity index (χ1) is 9.13. The van der Waals surface area contributed by atoms with Crippen molar-refractivity contribution in [2.75, 3.05) is 38.6 Å². The zero-order valence-electron chi connectivity index (χ0n) is 11.0. The van der Waals surface area contributed by atoms with E-state index in [0.29, 0.717) is 6.42 Å².